The maximum Gasteiger partial charge on any atom is 0.407 e. The van der Waals surface area contributed by atoms with Crippen LogP contribution in [0.3, 0.4) is 0 Å². The second-order valence-corrected chi connectivity index (χ2v) is 9.61. The number of hydrogen-bond donors (Lipinski definition) is 2. The molecule has 0 radical (unpaired) electrons. The first-order valence-electron chi connectivity index (χ1n) is 12.1. The van der Waals surface area contributed by atoms with Crippen molar-refractivity contribution in [3.05, 3.63) is 59.7 Å². The van der Waals surface area contributed by atoms with Crippen molar-refractivity contribution in [3.63, 3.8) is 0 Å². The third-order valence-corrected chi connectivity index (χ3v) is 7.64. The summed E-state index contributed by atoms with van der Waals surface area (Å²) < 4.78 is 10.9. The average molecular weight is 479 g/mol. The van der Waals surface area contributed by atoms with E-state index in [4.69, 9.17) is 9.47 Å². The average Bonchev–Trinajstić information content (AvgIpc) is 3.68. The molecule has 1 saturated carbocycles. The van der Waals surface area contributed by atoms with E-state index in [1.54, 1.807) is 4.90 Å². The second kappa shape index (κ2) is 9.34. The molecule has 3 aliphatic rings. The van der Waals surface area contributed by atoms with Crippen LogP contribution in [-0.2, 0) is 19.1 Å². The minimum absolute atomic E-state index is 0.0523. The molecule has 184 valence electrons. The first-order chi connectivity index (χ1) is 16.9. The molecular weight excluding hydrogens is 448 g/mol. The van der Waals surface area contributed by atoms with E-state index in [2.05, 4.69) is 29.6 Å². The number of carboxylic acid groups (broad SMARTS) is 1. The maximum atomic E-state index is 13.2. The summed E-state index contributed by atoms with van der Waals surface area (Å²) in [5.41, 5.74) is 3.31. The van der Waals surface area contributed by atoms with Crippen molar-refractivity contribution >= 4 is 18.0 Å². The number of amides is 2. The third-order valence-electron chi connectivity index (χ3n) is 7.64. The smallest absolute Gasteiger partial charge is 0.407 e. The van der Waals surface area contributed by atoms with Gasteiger partial charge < -0.3 is 24.8 Å². The summed E-state index contributed by atoms with van der Waals surface area (Å²) in [5, 5.41) is 12.3. The number of aliphatic carboxylic acids is 1. The van der Waals surface area contributed by atoms with Gasteiger partial charge in [0.1, 0.15) is 12.6 Å². The monoisotopic (exact) mass is 478 g/mol. The quantitative estimate of drug-likeness (QED) is 0.632. The zero-order valence-corrected chi connectivity index (χ0v) is 19.7. The number of piperidine rings is 1. The maximum absolute atomic E-state index is 13.2. The van der Waals surface area contributed by atoms with Crippen LogP contribution in [0, 0.1) is 5.92 Å². The Hall–Kier alpha value is -3.39. The Kier molecular flexibility index (Phi) is 6.23. The minimum atomic E-state index is -1.26. The standard InChI is InChI=1S/C27H30N2O6/c1-34-27(25(31)32)12-14-29(15-13-27)24(30)23(17-10-11-17)28-26(33)35-16-22-20-8-4-2-6-18(20)19-7-3-5-9-21(19)22/h2-9,17,22-23H,10-16H2,1H3,(H,28,33)(H,31,32). The number of nitrogens with zero attached hydrogens (tertiary/aromatic N) is 1. The van der Waals surface area contributed by atoms with E-state index in [-0.39, 0.29) is 50.3 Å². The fourth-order valence-corrected chi connectivity index (χ4v) is 5.37. The van der Waals surface area contributed by atoms with E-state index >= 15 is 0 Å². The number of carbonyl (C=O) groups is 3. The van der Waals surface area contributed by atoms with Crippen LogP contribution in [0.15, 0.2) is 48.5 Å². The van der Waals surface area contributed by atoms with Gasteiger partial charge in [0.2, 0.25) is 5.91 Å². The molecule has 2 aromatic carbocycles. The lowest BCUT2D eigenvalue weighted by atomic mass is 9.90. The van der Waals surface area contributed by atoms with Gasteiger partial charge in [0.05, 0.1) is 0 Å². The summed E-state index contributed by atoms with van der Waals surface area (Å²) in [6.45, 7) is 0.729. The molecule has 1 aliphatic heterocycles. The van der Waals surface area contributed by atoms with Crippen molar-refractivity contribution in [2.24, 2.45) is 5.92 Å². The lowest BCUT2D eigenvalue weighted by molar-refractivity contribution is -0.170. The molecule has 2 aromatic rings. The fourth-order valence-electron chi connectivity index (χ4n) is 5.37. The molecule has 0 bridgehead atoms. The van der Waals surface area contributed by atoms with Crippen molar-refractivity contribution < 1.29 is 29.0 Å². The molecule has 2 fully saturated rings. The van der Waals surface area contributed by atoms with E-state index in [1.165, 1.54) is 7.11 Å². The number of carboxylic acids is 1. The van der Waals surface area contributed by atoms with Crippen LogP contribution in [0.4, 0.5) is 4.79 Å². The molecule has 2 N–H and O–H groups in total. The highest BCUT2D eigenvalue weighted by Crippen LogP contribution is 2.44. The van der Waals surface area contributed by atoms with E-state index < -0.39 is 23.7 Å². The highest BCUT2D eigenvalue weighted by molar-refractivity contribution is 5.87. The van der Waals surface area contributed by atoms with Crippen LogP contribution < -0.4 is 5.32 Å². The number of rotatable bonds is 7. The molecule has 0 aromatic heterocycles. The molecule has 0 spiro atoms. The fraction of sp³-hybridized carbons (Fsp3) is 0.444. The summed E-state index contributed by atoms with van der Waals surface area (Å²) in [5.74, 6) is -1.17. The summed E-state index contributed by atoms with van der Waals surface area (Å²) in [4.78, 5) is 39.3. The van der Waals surface area contributed by atoms with Gasteiger partial charge in [0.25, 0.3) is 0 Å². The normalized spacial score (nSPS) is 19.4. The number of alkyl carbamates (subject to hydrolysis) is 1. The molecule has 5 rings (SSSR count). The molecule has 8 heteroatoms. The number of hydrogen-bond acceptors (Lipinski definition) is 5. The molecule has 1 atom stereocenters. The van der Waals surface area contributed by atoms with E-state index in [9.17, 15) is 19.5 Å². The third kappa shape index (κ3) is 4.38. The number of likely N-dealkylation sites (tertiary alicyclic amines) is 1. The molecule has 1 heterocycles. The Morgan fingerprint density at radius 2 is 1.60 bits per heavy atom. The number of methoxy groups -OCH3 is 1. The largest absolute Gasteiger partial charge is 0.479 e. The molecule has 2 aliphatic carbocycles. The Bertz CT molecular complexity index is 1090. The van der Waals surface area contributed by atoms with Crippen molar-refractivity contribution in [3.8, 4) is 11.1 Å². The van der Waals surface area contributed by atoms with Crippen LogP contribution in [-0.4, -0.2) is 66.4 Å². The first-order valence-corrected chi connectivity index (χ1v) is 12.1. The minimum Gasteiger partial charge on any atom is -0.479 e. The molecule has 1 unspecified atom stereocenters. The predicted molar refractivity (Wildman–Crippen MR) is 128 cm³/mol. The molecule has 8 nitrogen and oxygen atoms in total. The van der Waals surface area contributed by atoms with Crippen molar-refractivity contribution in [1.29, 1.82) is 0 Å². The SMILES string of the molecule is COC1(C(=O)O)CCN(C(=O)C(NC(=O)OCC2c3ccccc3-c3ccccc32)C2CC2)CC1. The van der Waals surface area contributed by atoms with Crippen molar-refractivity contribution in [2.75, 3.05) is 26.8 Å². The van der Waals surface area contributed by atoms with Gasteiger partial charge in [-0.05, 0) is 41.0 Å². The van der Waals surface area contributed by atoms with Gasteiger partial charge in [-0.15, -0.1) is 0 Å². The highest BCUT2D eigenvalue weighted by Gasteiger charge is 2.46. The molecule has 2 amide bonds. The van der Waals surface area contributed by atoms with Crippen molar-refractivity contribution in [1.82, 2.24) is 10.2 Å². The van der Waals surface area contributed by atoms with Gasteiger partial charge in [-0.3, -0.25) is 4.79 Å². The van der Waals surface area contributed by atoms with E-state index in [0.29, 0.717) is 0 Å². The Morgan fingerprint density at radius 1 is 1.03 bits per heavy atom. The van der Waals surface area contributed by atoms with Gasteiger partial charge >= 0.3 is 12.1 Å². The van der Waals surface area contributed by atoms with Crippen LogP contribution in [0.5, 0.6) is 0 Å². The molecule has 35 heavy (non-hydrogen) atoms. The summed E-state index contributed by atoms with van der Waals surface area (Å²) in [7, 11) is 1.39. The first kappa shape index (κ1) is 23.4. The van der Waals surface area contributed by atoms with Gasteiger partial charge in [-0.25, -0.2) is 9.59 Å². The summed E-state index contributed by atoms with van der Waals surface area (Å²) in [6, 6.07) is 15.6. The molecule has 1 saturated heterocycles. The summed E-state index contributed by atoms with van der Waals surface area (Å²) >= 11 is 0. The number of nitrogens with one attached hydrogen (secondary N) is 1. The Morgan fingerprint density at radius 3 is 2.11 bits per heavy atom. The van der Waals surface area contributed by atoms with Crippen LogP contribution >= 0.6 is 0 Å². The summed E-state index contributed by atoms with van der Waals surface area (Å²) in [6.07, 6.45) is 1.56. The van der Waals surface area contributed by atoms with Crippen LogP contribution in [0.1, 0.15) is 42.7 Å². The zero-order valence-electron chi connectivity index (χ0n) is 19.7. The van der Waals surface area contributed by atoms with Gasteiger partial charge in [0, 0.05) is 39.0 Å². The number of fused-ring (bicyclic) bond motifs is 3. The zero-order chi connectivity index (χ0) is 24.6. The Balaban J connectivity index is 1.22. The van der Waals surface area contributed by atoms with Crippen LogP contribution in [0.25, 0.3) is 11.1 Å². The van der Waals surface area contributed by atoms with Crippen molar-refractivity contribution in [2.45, 2.75) is 43.2 Å². The highest BCUT2D eigenvalue weighted by atomic mass is 16.5. The van der Waals surface area contributed by atoms with E-state index in [1.807, 2.05) is 24.3 Å². The predicted octanol–water partition coefficient (Wildman–Crippen LogP) is 3.40. The number of ether oxygens (including phenoxy) is 2. The number of benzene rings is 2. The topological polar surface area (TPSA) is 105 Å². The van der Waals surface area contributed by atoms with Gasteiger partial charge in [-0.1, -0.05) is 48.5 Å². The van der Waals surface area contributed by atoms with E-state index in [0.717, 1.165) is 35.1 Å². The van der Waals surface area contributed by atoms with Gasteiger partial charge in [0.15, 0.2) is 5.60 Å². The van der Waals surface area contributed by atoms with Gasteiger partial charge in [-0.2, -0.15) is 0 Å². The number of carbonyl (C=O) groups excluding carboxylic acids is 2. The molecular formula is C27H30N2O6. The van der Waals surface area contributed by atoms with Crippen LogP contribution in [0.2, 0.25) is 0 Å². The lowest BCUT2D eigenvalue weighted by Crippen LogP contribution is -2.56. The lowest BCUT2D eigenvalue weighted by Gasteiger charge is -2.39. The second-order valence-electron chi connectivity index (χ2n) is 9.61. The Labute approximate surface area is 204 Å².